The number of halogens is 1. The molecule has 0 aromatic rings. The van der Waals surface area contributed by atoms with Crippen LogP contribution in [0.1, 0.15) is 38.5 Å². The Balaban J connectivity index is 0.00000400. The lowest BCUT2D eigenvalue weighted by molar-refractivity contribution is -0.130. The van der Waals surface area contributed by atoms with Gasteiger partial charge >= 0.3 is 0 Å². The van der Waals surface area contributed by atoms with E-state index in [1.54, 1.807) is 7.11 Å². The number of amides is 2. The number of hydrogen-bond donors (Lipinski definition) is 2. The molecule has 7 heteroatoms. The molecule has 1 aliphatic heterocycles. The SMILES string of the molecule is COC(CN)CC(=O)NCCCN1CCCCCC1=O.Cl. The summed E-state index contributed by atoms with van der Waals surface area (Å²) in [7, 11) is 1.55. The van der Waals surface area contributed by atoms with Crippen LogP contribution < -0.4 is 11.1 Å². The number of rotatable bonds is 8. The minimum Gasteiger partial charge on any atom is -0.380 e. The Morgan fingerprint density at radius 3 is 2.86 bits per heavy atom. The van der Waals surface area contributed by atoms with Gasteiger partial charge in [-0.05, 0) is 19.3 Å². The highest BCUT2D eigenvalue weighted by Gasteiger charge is 2.16. The van der Waals surface area contributed by atoms with Crippen molar-refractivity contribution < 1.29 is 14.3 Å². The molecule has 1 fully saturated rings. The Kier molecular flexibility index (Phi) is 11.3. The van der Waals surface area contributed by atoms with Crippen molar-refractivity contribution in [2.24, 2.45) is 5.73 Å². The second-order valence-corrected chi connectivity index (χ2v) is 5.19. The molecule has 0 spiro atoms. The normalized spacial score (nSPS) is 16.9. The first kappa shape index (κ1) is 20.1. The number of nitrogens with two attached hydrogens (primary N) is 1. The molecular weight excluding hydrogens is 294 g/mol. The average molecular weight is 322 g/mol. The summed E-state index contributed by atoms with van der Waals surface area (Å²) in [5, 5.41) is 2.84. The van der Waals surface area contributed by atoms with Gasteiger partial charge in [0.05, 0.1) is 12.5 Å². The lowest BCUT2D eigenvalue weighted by atomic mass is 10.2. The first-order valence-electron chi connectivity index (χ1n) is 7.44. The number of carbonyl (C=O) groups excluding carboxylic acids is 2. The van der Waals surface area contributed by atoms with E-state index in [1.165, 1.54) is 0 Å². The number of methoxy groups -OCH3 is 1. The second-order valence-electron chi connectivity index (χ2n) is 5.19. The van der Waals surface area contributed by atoms with Gasteiger partial charge in [-0.2, -0.15) is 0 Å². The van der Waals surface area contributed by atoms with E-state index >= 15 is 0 Å². The van der Waals surface area contributed by atoms with Gasteiger partial charge < -0.3 is 20.7 Å². The third kappa shape index (κ3) is 8.24. The fourth-order valence-corrected chi connectivity index (χ4v) is 2.31. The number of likely N-dealkylation sites (tertiary alicyclic amines) is 1. The smallest absolute Gasteiger partial charge is 0.222 e. The predicted octanol–water partition coefficient (Wildman–Crippen LogP) is 0.681. The van der Waals surface area contributed by atoms with Crippen LogP contribution in [0.4, 0.5) is 0 Å². The first-order valence-corrected chi connectivity index (χ1v) is 7.44. The summed E-state index contributed by atoms with van der Waals surface area (Å²) >= 11 is 0. The molecule has 1 rings (SSSR count). The van der Waals surface area contributed by atoms with Gasteiger partial charge in [0.1, 0.15) is 0 Å². The average Bonchev–Trinajstić information content (AvgIpc) is 2.66. The molecular formula is C14H28ClN3O3. The van der Waals surface area contributed by atoms with Crippen LogP contribution in [0, 0.1) is 0 Å². The Morgan fingerprint density at radius 1 is 1.43 bits per heavy atom. The number of carbonyl (C=O) groups is 2. The summed E-state index contributed by atoms with van der Waals surface area (Å²) < 4.78 is 5.06. The third-order valence-corrected chi connectivity index (χ3v) is 3.61. The summed E-state index contributed by atoms with van der Waals surface area (Å²) in [6, 6.07) is 0. The molecule has 6 nitrogen and oxygen atoms in total. The Hall–Kier alpha value is -0.850. The number of nitrogens with one attached hydrogen (secondary N) is 1. The van der Waals surface area contributed by atoms with Crippen LogP contribution in [-0.4, -0.2) is 56.1 Å². The predicted molar refractivity (Wildman–Crippen MR) is 84.4 cm³/mol. The van der Waals surface area contributed by atoms with Crippen LogP contribution in [0.2, 0.25) is 0 Å². The first-order chi connectivity index (χ1) is 9.67. The topological polar surface area (TPSA) is 84.7 Å². The van der Waals surface area contributed by atoms with E-state index in [-0.39, 0.29) is 36.7 Å². The van der Waals surface area contributed by atoms with Crippen molar-refractivity contribution in [3.63, 3.8) is 0 Å². The standard InChI is InChI=1S/C14H27N3O3.ClH/c1-20-12(11-15)10-13(18)16-7-5-9-17-8-4-2-3-6-14(17)19;/h12H,2-11,15H2,1H3,(H,16,18);1H. The summed E-state index contributed by atoms with van der Waals surface area (Å²) in [6.45, 7) is 2.51. The highest BCUT2D eigenvalue weighted by Crippen LogP contribution is 2.11. The van der Waals surface area contributed by atoms with Crippen LogP contribution in [0.15, 0.2) is 0 Å². The molecule has 1 saturated heterocycles. The molecule has 0 bridgehead atoms. The van der Waals surface area contributed by atoms with Gasteiger partial charge in [-0.3, -0.25) is 9.59 Å². The highest BCUT2D eigenvalue weighted by molar-refractivity contribution is 5.85. The van der Waals surface area contributed by atoms with Gasteiger partial charge in [0, 0.05) is 39.7 Å². The van der Waals surface area contributed by atoms with E-state index in [4.69, 9.17) is 10.5 Å². The van der Waals surface area contributed by atoms with Gasteiger partial charge in [-0.1, -0.05) is 6.42 Å². The van der Waals surface area contributed by atoms with Gasteiger partial charge in [-0.15, -0.1) is 12.4 Å². The van der Waals surface area contributed by atoms with Crippen molar-refractivity contribution in [2.75, 3.05) is 33.3 Å². The zero-order valence-electron chi connectivity index (χ0n) is 12.8. The summed E-state index contributed by atoms with van der Waals surface area (Å²) in [4.78, 5) is 25.3. The maximum atomic E-state index is 11.8. The molecule has 0 aliphatic carbocycles. The molecule has 3 N–H and O–H groups in total. The van der Waals surface area contributed by atoms with E-state index in [0.717, 1.165) is 38.8 Å². The van der Waals surface area contributed by atoms with E-state index < -0.39 is 0 Å². The summed E-state index contributed by atoms with van der Waals surface area (Å²) in [5.41, 5.74) is 5.46. The third-order valence-electron chi connectivity index (χ3n) is 3.61. The lowest BCUT2D eigenvalue weighted by Gasteiger charge is -2.20. The molecule has 0 saturated carbocycles. The quantitative estimate of drug-likeness (QED) is 0.644. The van der Waals surface area contributed by atoms with Crippen LogP contribution in [-0.2, 0) is 14.3 Å². The van der Waals surface area contributed by atoms with Crippen molar-refractivity contribution in [1.82, 2.24) is 10.2 Å². The Morgan fingerprint density at radius 2 is 2.19 bits per heavy atom. The molecule has 2 amide bonds. The molecule has 21 heavy (non-hydrogen) atoms. The largest absolute Gasteiger partial charge is 0.380 e. The summed E-state index contributed by atoms with van der Waals surface area (Å²) in [5.74, 6) is 0.195. The molecule has 0 radical (unpaired) electrons. The maximum Gasteiger partial charge on any atom is 0.222 e. The fourth-order valence-electron chi connectivity index (χ4n) is 2.31. The van der Waals surface area contributed by atoms with Gasteiger partial charge in [0.25, 0.3) is 0 Å². The minimum absolute atomic E-state index is 0. The zero-order chi connectivity index (χ0) is 14.8. The molecule has 1 heterocycles. The van der Waals surface area contributed by atoms with Crippen molar-refractivity contribution >= 4 is 24.2 Å². The lowest BCUT2D eigenvalue weighted by Crippen LogP contribution is -2.35. The van der Waals surface area contributed by atoms with E-state index in [2.05, 4.69) is 5.32 Å². The van der Waals surface area contributed by atoms with Gasteiger partial charge in [-0.25, -0.2) is 0 Å². The number of ether oxygens (including phenoxy) is 1. The van der Waals surface area contributed by atoms with E-state index in [1.807, 2.05) is 4.90 Å². The molecule has 0 aromatic heterocycles. The fraction of sp³-hybridized carbons (Fsp3) is 0.857. The van der Waals surface area contributed by atoms with Crippen molar-refractivity contribution in [2.45, 2.75) is 44.6 Å². The Bertz CT molecular complexity index is 312. The molecule has 1 unspecified atom stereocenters. The minimum atomic E-state index is -0.220. The maximum absolute atomic E-state index is 11.8. The van der Waals surface area contributed by atoms with Gasteiger partial charge in [0.15, 0.2) is 0 Å². The van der Waals surface area contributed by atoms with Gasteiger partial charge in [0.2, 0.25) is 11.8 Å². The second kappa shape index (κ2) is 11.8. The Labute approximate surface area is 133 Å². The van der Waals surface area contributed by atoms with Crippen LogP contribution in [0.25, 0.3) is 0 Å². The molecule has 0 aromatic carbocycles. The molecule has 124 valence electrons. The van der Waals surface area contributed by atoms with Crippen LogP contribution >= 0.6 is 12.4 Å². The van der Waals surface area contributed by atoms with Crippen LogP contribution in [0.3, 0.4) is 0 Å². The van der Waals surface area contributed by atoms with E-state index in [9.17, 15) is 9.59 Å². The molecule has 1 aliphatic rings. The monoisotopic (exact) mass is 321 g/mol. The summed E-state index contributed by atoms with van der Waals surface area (Å²) in [6.07, 6.45) is 4.75. The van der Waals surface area contributed by atoms with Crippen molar-refractivity contribution in [3.8, 4) is 0 Å². The van der Waals surface area contributed by atoms with Crippen molar-refractivity contribution in [1.29, 1.82) is 0 Å². The number of hydrogen-bond acceptors (Lipinski definition) is 4. The van der Waals surface area contributed by atoms with E-state index in [0.29, 0.717) is 19.5 Å². The van der Waals surface area contributed by atoms with Crippen molar-refractivity contribution in [3.05, 3.63) is 0 Å². The zero-order valence-corrected chi connectivity index (χ0v) is 13.6. The highest BCUT2D eigenvalue weighted by atomic mass is 35.5. The number of nitrogens with zero attached hydrogens (tertiary/aromatic N) is 1. The van der Waals surface area contributed by atoms with Crippen LogP contribution in [0.5, 0.6) is 0 Å². The molecule has 1 atom stereocenters.